The number of hydrogen-bond acceptors (Lipinski definition) is 2. The van der Waals surface area contributed by atoms with E-state index in [-0.39, 0.29) is 36.0 Å². The van der Waals surface area contributed by atoms with E-state index in [2.05, 4.69) is 12.1 Å². The van der Waals surface area contributed by atoms with Crippen molar-refractivity contribution in [3.8, 4) is 0 Å². The summed E-state index contributed by atoms with van der Waals surface area (Å²) in [5.41, 5.74) is 8.30. The molecule has 2 aromatic carbocycles. The number of amides is 1. The van der Waals surface area contributed by atoms with E-state index in [1.54, 1.807) is 12.1 Å². The lowest BCUT2D eigenvalue weighted by atomic mass is 9.89. The van der Waals surface area contributed by atoms with E-state index in [0.717, 1.165) is 25.1 Å². The first-order valence-electron chi connectivity index (χ1n) is 8.96. The molecule has 1 saturated carbocycles. The van der Waals surface area contributed by atoms with Crippen LogP contribution in [0.15, 0.2) is 54.6 Å². The van der Waals surface area contributed by atoms with Crippen LogP contribution in [0.4, 0.5) is 4.39 Å². The number of hydrogen-bond donors (Lipinski definition) is 1. The van der Waals surface area contributed by atoms with Gasteiger partial charge in [-0.1, -0.05) is 42.5 Å². The predicted octanol–water partition coefficient (Wildman–Crippen LogP) is 3.55. The quantitative estimate of drug-likeness (QED) is 0.889. The van der Waals surface area contributed by atoms with E-state index in [1.165, 1.54) is 17.7 Å². The molecule has 1 aliphatic heterocycles. The Bertz CT molecular complexity index is 752. The molecule has 1 aliphatic carbocycles. The maximum Gasteiger partial charge on any atom is 0.226 e. The lowest BCUT2D eigenvalue weighted by Crippen LogP contribution is -2.31. The van der Waals surface area contributed by atoms with Crippen LogP contribution >= 0.6 is 12.4 Å². The smallest absolute Gasteiger partial charge is 0.226 e. The third-order valence-electron chi connectivity index (χ3n) is 5.69. The molecule has 0 spiro atoms. The first-order valence-corrected chi connectivity index (χ1v) is 8.96. The highest BCUT2D eigenvalue weighted by molar-refractivity contribution is 5.85. The van der Waals surface area contributed by atoms with Gasteiger partial charge in [-0.3, -0.25) is 4.79 Å². The van der Waals surface area contributed by atoms with Crippen molar-refractivity contribution in [2.45, 2.75) is 18.3 Å². The Hall–Kier alpha value is -1.91. The monoisotopic (exact) mass is 374 g/mol. The molecule has 1 heterocycles. The highest BCUT2D eigenvalue weighted by Gasteiger charge is 2.48. The molecule has 2 aliphatic rings. The molecule has 138 valence electrons. The average Bonchev–Trinajstić information content (AvgIpc) is 3.33. The Morgan fingerprint density at radius 2 is 1.65 bits per heavy atom. The summed E-state index contributed by atoms with van der Waals surface area (Å²) in [5.74, 6) is 0.903. The van der Waals surface area contributed by atoms with Crippen molar-refractivity contribution in [2.24, 2.45) is 17.6 Å². The fourth-order valence-electron chi connectivity index (χ4n) is 4.15. The van der Waals surface area contributed by atoms with Crippen molar-refractivity contribution < 1.29 is 9.18 Å². The van der Waals surface area contributed by atoms with Gasteiger partial charge in [0.2, 0.25) is 5.91 Å². The van der Waals surface area contributed by atoms with Gasteiger partial charge in [-0.15, -0.1) is 12.4 Å². The van der Waals surface area contributed by atoms with Crippen LogP contribution in [0.25, 0.3) is 0 Å². The topological polar surface area (TPSA) is 46.3 Å². The van der Waals surface area contributed by atoms with Crippen molar-refractivity contribution in [2.75, 3.05) is 19.6 Å². The minimum Gasteiger partial charge on any atom is -0.341 e. The summed E-state index contributed by atoms with van der Waals surface area (Å²) in [4.78, 5) is 14.9. The van der Waals surface area contributed by atoms with Crippen LogP contribution in [0.3, 0.4) is 0 Å². The van der Waals surface area contributed by atoms with Gasteiger partial charge < -0.3 is 10.6 Å². The molecule has 3 nitrogen and oxygen atoms in total. The van der Waals surface area contributed by atoms with Crippen LogP contribution in [0.1, 0.15) is 29.4 Å². The lowest BCUT2D eigenvalue weighted by molar-refractivity contribution is -0.131. The third-order valence-corrected chi connectivity index (χ3v) is 5.69. The average molecular weight is 375 g/mol. The molecule has 2 aromatic rings. The van der Waals surface area contributed by atoms with Gasteiger partial charge in [-0.2, -0.15) is 0 Å². The second kappa shape index (κ2) is 7.77. The molecule has 1 amide bonds. The standard InChI is InChI=1S/C21H23FN2O.ClH/c22-17-8-6-15(7-9-17)18-10-19(18)21(25)24-12-16(11-23)20(13-24)14-4-2-1-3-5-14;/h1-9,16,18-20H,10-13,23H2;1H/t16-,18?,19?,20+;/m1./s1. The van der Waals surface area contributed by atoms with Crippen LogP contribution in [-0.4, -0.2) is 30.4 Å². The van der Waals surface area contributed by atoms with Crippen LogP contribution in [0, 0.1) is 17.7 Å². The summed E-state index contributed by atoms with van der Waals surface area (Å²) in [7, 11) is 0. The SMILES string of the molecule is Cl.NC[C@@H]1CN(C(=O)C2CC2c2ccc(F)cc2)C[C@H]1c1ccccc1. The number of halogens is 2. The normalized spacial score (nSPS) is 27.1. The third kappa shape index (κ3) is 3.62. The van der Waals surface area contributed by atoms with E-state index in [4.69, 9.17) is 5.73 Å². The van der Waals surface area contributed by atoms with Gasteiger partial charge in [0, 0.05) is 24.9 Å². The Labute approximate surface area is 159 Å². The molecular formula is C21H24ClFN2O. The number of nitrogens with zero attached hydrogens (tertiary/aromatic N) is 1. The lowest BCUT2D eigenvalue weighted by Gasteiger charge is -2.17. The molecular weight excluding hydrogens is 351 g/mol. The summed E-state index contributed by atoms with van der Waals surface area (Å²) in [6, 6.07) is 16.9. The van der Waals surface area contributed by atoms with Gasteiger partial charge in [0.15, 0.2) is 0 Å². The van der Waals surface area contributed by atoms with Crippen LogP contribution < -0.4 is 5.73 Å². The van der Waals surface area contributed by atoms with Crippen molar-refractivity contribution in [3.63, 3.8) is 0 Å². The summed E-state index contributed by atoms with van der Waals surface area (Å²) in [6.45, 7) is 2.08. The van der Waals surface area contributed by atoms with E-state index >= 15 is 0 Å². The Kier molecular flexibility index (Phi) is 5.64. The fraction of sp³-hybridized carbons (Fsp3) is 0.381. The van der Waals surface area contributed by atoms with E-state index < -0.39 is 0 Å². The van der Waals surface area contributed by atoms with Gasteiger partial charge in [0.05, 0.1) is 0 Å². The molecule has 1 saturated heterocycles. The maximum absolute atomic E-state index is 13.1. The Morgan fingerprint density at radius 3 is 2.31 bits per heavy atom. The van der Waals surface area contributed by atoms with Gasteiger partial charge in [0.1, 0.15) is 5.82 Å². The zero-order valence-electron chi connectivity index (χ0n) is 14.6. The molecule has 0 radical (unpaired) electrons. The zero-order chi connectivity index (χ0) is 17.4. The van der Waals surface area contributed by atoms with Crippen LogP contribution in [-0.2, 0) is 4.79 Å². The number of carbonyl (C=O) groups excluding carboxylic acids is 1. The Balaban J connectivity index is 0.00000196. The van der Waals surface area contributed by atoms with Crippen LogP contribution in [0.2, 0.25) is 0 Å². The first-order chi connectivity index (χ1) is 12.2. The van der Waals surface area contributed by atoms with Gasteiger partial charge in [-0.05, 0) is 48.1 Å². The summed E-state index contributed by atoms with van der Waals surface area (Å²) in [6.07, 6.45) is 0.865. The van der Waals surface area contributed by atoms with Crippen molar-refractivity contribution in [3.05, 3.63) is 71.5 Å². The highest BCUT2D eigenvalue weighted by atomic mass is 35.5. The highest BCUT2D eigenvalue weighted by Crippen LogP contribution is 2.49. The number of benzene rings is 2. The predicted molar refractivity (Wildman–Crippen MR) is 103 cm³/mol. The molecule has 4 rings (SSSR count). The molecule has 0 bridgehead atoms. The molecule has 2 N–H and O–H groups in total. The minimum atomic E-state index is -0.233. The van der Waals surface area contributed by atoms with Gasteiger partial charge in [-0.25, -0.2) is 4.39 Å². The van der Waals surface area contributed by atoms with Crippen molar-refractivity contribution in [1.82, 2.24) is 4.90 Å². The molecule has 26 heavy (non-hydrogen) atoms. The summed E-state index contributed by atoms with van der Waals surface area (Å²) >= 11 is 0. The minimum absolute atomic E-state index is 0. The van der Waals surface area contributed by atoms with Gasteiger partial charge >= 0.3 is 0 Å². The van der Waals surface area contributed by atoms with Crippen molar-refractivity contribution in [1.29, 1.82) is 0 Å². The number of likely N-dealkylation sites (tertiary alicyclic amines) is 1. The second-order valence-electron chi connectivity index (χ2n) is 7.26. The summed E-state index contributed by atoms with van der Waals surface area (Å²) < 4.78 is 13.1. The fourth-order valence-corrected chi connectivity index (χ4v) is 4.15. The largest absolute Gasteiger partial charge is 0.341 e. The van der Waals surface area contributed by atoms with Gasteiger partial charge in [0.25, 0.3) is 0 Å². The molecule has 2 fully saturated rings. The van der Waals surface area contributed by atoms with E-state index in [0.29, 0.717) is 18.4 Å². The molecule has 0 aromatic heterocycles. The number of nitrogens with two attached hydrogens (primary N) is 1. The first kappa shape index (κ1) is 18.9. The van der Waals surface area contributed by atoms with E-state index in [1.807, 2.05) is 23.1 Å². The van der Waals surface area contributed by atoms with E-state index in [9.17, 15) is 9.18 Å². The number of rotatable bonds is 4. The zero-order valence-corrected chi connectivity index (χ0v) is 15.4. The molecule has 4 atom stereocenters. The second-order valence-corrected chi connectivity index (χ2v) is 7.26. The van der Waals surface area contributed by atoms with Crippen LogP contribution in [0.5, 0.6) is 0 Å². The summed E-state index contributed by atoms with van der Waals surface area (Å²) in [5, 5.41) is 0. The Morgan fingerprint density at radius 1 is 1.00 bits per heavy atom. The molecule has 2 unspecified atom stereocenters. The number of carbonyl (C=O) groups is 1. The molecule has 5 heteroatoms. The maximum atomic E-state index is 13.1. The van der Waals surface area contributed by atoms with Crippen molar-refractivity contribution >= 4 is 18.3 Å².